The van der Waals surface area contributed by atoms with Crippen LogP contribution in [0.5, 0.6) is 0 Å². The molecule has 0 bridgehead atoms. The molecule has 0 radical (unpaired) electrons. The number of likely N-dealkylation sites (N-methyl/N-ethyl adjacent to an activating group) is 3. The first-order valence-corrected chi connectivity index (χ1v) is 16.8. The number of fused-ring (bicyclic) bond motifs is 1. The number of anilines is 2. The van der Waals surface area contributed by atoms with Crippen LogP contribution in [0.15, 0.2) is 67.0 Å². The zero-order valence-corrected chi connectivity index (χ0v) is 30.8. The van der Waals surface area contributed by atoms with Gasteiger partial charge in [-0.05, 0) is 111 Å². The molecular formula is C37H40ClFN8O5. The minimum atomic E-state index is -1.13. The van der Waals surface area contributed by atoms with Gasteiger partial charge in [0.2, 0.25) is 11.8 Å². The van der Waals surface area contributed by atoms with Gasteiger partial charge in [0, 0.05) is 43.7 Å². The smallest absolute Gasteiger partial charge is 0.338 e. The fourth-order valence-corrected chi connectivity index (χ4v) is 6.05. The summed E-state index contributed by atoms with van der Waals surface area (Å²) in [4.78, 5) is 60.5. The van der Waals surface area contributed by atoms with Crippen LogP contribution in [0.2, 0.25) is 5.02 Å². The fraction of sp³-hybridized carbons (Fsp3) is 0.324. The quantitative estimate of drug-likeness (QED) is 0.177. The summed E-state index contributed by atoms with van der Waals surface area (Å²) in [6, 6.07) is 13.5. The van der Waals surface area contributed by atoms with E-state index in [0.29, 0.717) is 28.9 Å². The fourth-order valence-electron chi connectivity index (χ4n) is 5.88. The molecule has 5 rings (SSSR count). The molecule has 0 N–H and O–H groups in total. The zero-order chi connectivity index (χ0) is 37.9. The van der Waals surface area contributed by atoms with E-state index in [4.69, 9.17) is 16.3 Å². The molecule has 1 aliphatic heterocycles. The lowest BCUT2D eigenvalue weighted by Gasteiger charge is -2.39. The summed E-state index contributed by atoms with van der Waals surface area (Å²) >= 11 is 6.10. The number of carbonyl (C=O) groups is 4. The van der Waals surface area contributed by atoms with E-state index in [1.165, 1.54) is 45.1 Å². The predicted octanol–water partition coefficient (Wildman–Crippen LogP) is 4.74. The molecule has 1 atom stereocenters. The monoisotopic (exact) mass is 730 g/mol. The maximum Gasteiger partial charge on any atom is 0.338 e. The van der Waals surface area contributed by atoms with Crippen LogP contribution < -0.4 is 9.80 Å². The van der Waals surface area contributed by atoms with Gasteiger partial charge in [0.05, 0.1) is 22.8 Å². The number of rotatable bonds is 9. The van der Waals surface area contributed by atoms with Crippen molar-refractivity contribution in [2.45, 2.75) is 38.8 Å². The van der Waals surface area contributed by atoms with Crippen LogP contribution >= 0.6 is 11.6 Å². The molecule has 272 valence electrons. The number of halogens is 2. The Bertz CT molecular complexity index is 2010. The molecule has 52 heavy (non-hydrogen) atoms. The van der Waals surface area contributed by atoms with Crippen molar-refractivity contribution in [2.75, 3.05) is 51.1 Å². The average Bonchev–Trinajstić information content (AvgIpc) is 3.64. The van der Waals surface area contributed by atoms with Crippen molar-refractivity contribution in [2.24, 2.45) is 0 Å². The van der Waals surface area contributed by atoms with Crippen LogP contribution in [-0.2, 0) is 25.5 Å². The van der Waals surface area contributed by atoms with E-state index in [-0.39, 0.29) is 35.3 Å². The van der Waals surface area contributed by atoms with Crippen molar-refractivity contribution in [3.63, 3.8) is 0 Å². The highest BCUT2D eigenvalue weighted by molar-refractivity contribution is 6.31. The van der Waals surface area contributed by atoms with Crippen LogP contribution in [0.4, 0.5) is 15.8 Å². The molecule has 0 saturated carbocycles. The first-order chi connectivity index (χ1) is 24.6. The van der Waals surface area contributed by atoms with E-state index in [0.717, 1.165) is 5.56 Å². The third kappa shape index (κ3) is 8.19. The van der Waals surface area contributed by atoms with Gasteiger partial charge < -0.3 is 24.3 Å². The number of ether oxygens (including phenoxy) is 1. The van der Waals surface area contributed by atoms with Gasteiger partial charge in [0.1, 0.15) is 18.0 Å². The Morgan fingerprint density at radius 3 is 2.35 bits per heavy atom. The van der Waals surface area contributed by atoms with Gasteiger partial charge in [0.25, 0.3) is 5.91 Å². The number of aromatic nitrogens is 4. The summed E-state index contributed by atoms with van der Waals surface area (Å²) < 4.78 is 22.1. The molecule has 1 aromatic heterocycles. The maximum absolute atomic E-state index is 15.4. The standard InChI is InChI=1S/C37H40ClFN8O5/c1-37(2,3)52-36(51)23-11-13-24(14-12-23)44(6)35(50)34-26-9-8-10-29(45(7)32(49)21-43(4)5)25(26)19-20-46(34)31(48)18-15-27-30(47-22-40-41-42-47)17-16-28(38)33(27)39/h8-18,22,34H,19-21H2,1-7H3/b18-15+. The molecule has 3 amide bonds. The highest BCUT2D eigenvalue weighted by Crippen LogP contribution is 2.38. The molecular weight excluding hydrogens is 691 g/mol. The normalized spacial score (nSPS) is 14.3. The topological polar surface area (TPSA) is 134 Å². The second kappa shape index (κ2) is 15.4. The molecule has 15 heteroatoms. The molecule has 0 fully saturated rings. The summed E-state index contributed by atoms with van der Waals surface area (Å²) in [5, 5.41) is 10.9. The van der Waals surface area contributed by atoms with Gasteiger partial charge in [-0.2, -0.15) is 4.68 Å². The van der Waals surface area contributed by atoms with Gasteiger partial charge in [0.15, 0.2) is 5.82 Å². The third-order valence-corrected chi connectivity index (χ3v) is 8.71. The number of carbonyl (C=O) groups excluding carboxylic acids is 4. The van der Waals surface area contributed by atoms with Crippen molar-refractivity contribution < 1.29 is 28.3 Å². The van der Waals surface area contributed by atoms with E-state index in [1.807, 2.05) is 6.07 Å². The van der Waals surface area contributed by atoms with Gasteiger partial charge in [-0.1, -0.05) is 23.7 Å². The second-order valence-corrected chi connectivity index (χ2v) is 14.0. The minimum absolute atomic E-state index is 0.0288. The van der Waals surface area contributed by atoms with Crippen LogP contribution in [0.1, 0.15) is 53.9 Å². The predicted molar refractivity (Wildman–Crippen MR) is 195 cm³/mol. The summed E-state index contributed by atoms with van der Waals surface area (Å²) in [5.41, 5.74) is 2.23. The zero-order valence-electron chi connectivity index (χ0n) is 30.0. The molecule has 0 saturated heterocycles. The Hall–Kier alpha value is -5.47. The third-order valence-electron chi connectivity index (χ3n) is 8.42. The van der Waals surface area contributed by atoms with Crippen LogP contribution in [-0.4, -0.2) is 101 Å². The first kappa shape index (κ1) is 37.8. The van der Waals surface area contributed by atoms with Crippen molar-refractivity contribution in [3.05, 3.63) is 100 Å². The largest absolute Gasteiger partial charge is 0.456 e. The number of hydrogen-bond donors (Lipinski definition) is 0. The average molecular weight is 731 g/mol. The number of tetrazole rings is 1. The number of nitrogens with zero attached hydrogens (tertiary/aromatic N) is 8. The van der Waals surface area contributed by atoms with E-state index >= 15 is 4.39 Å². The van der Waals surface area contributed by atoms with E-state index in [2.05, 4.69) is 15.5 Å². The summed E-state index contributed by atoms with van der Waals surface area (Å²) in [7, 11) is 6.86. The number of hydrogen-bond acceptors (Lipinski definition) is 9. The summed E-state index contributed by atoms with van der Waals surface area (Å²) in [6.45, 7) is 5.61. The molecule has 2 heterocycles. The van der Waals surface area contributed by atoms with E-state index in [9.17, 15) is 19.2 Å². The summed E-state index contributed by atoms with van der Waals surface area (Å²) in [6.07, 6.45) is 4.08. The molecule has 0 spiro atoms. The van der Waals surface area contributed by atoms with Gasteiger partial charge in [-0.3, -0.25) is 14.4 Å². The van der Waals surface area contributed by atoms with Gasteiger partial charge in [-0.15, -0.1) is 5.10 Å². The van der Waals surface area contributed by atoms with Gasteiger partial charge >= 0.3 is 5.97 Å². The van der Waals surface area contributed by atoms with Crippen LogP contribution in [0.25, 0.3) is 11.8 Å². The first-order valence-electron chi connectivity index (χ1n) is 16.4. The lowest BCUT2D eigenvalue weighted by atomic mass is 9.89. The van der Waals surface area contributed by atoms with Crippen LogP contribution in [0, 0.1) is 5.82 Å². The molecule has 0 aliphatic carbocycles. The Morgan fingerprint density at radius 2 is 1.71 bits per heavy atom. The van der Waals surface area contributed by atoms with Crippen molar-refractivity contribution >= 4 is 52.7 Å². The molecule has 13 nitrogen and oxygen atoms in total. The van der Waals surface area contributed by atoms with Crippen molar-refractivity contribution in [1.82, 2.24) is 30.0 Å². The van der Waals surface area contributed by atoms with Gasteiger partial charge in [-0.25, -0.2) is 9.18 Å². The molecule has 4 aromatic rings. The SMILES string of the molecule is CN(C)CC(=O)N(C)c1cccc2c1CCN(C(=O)/C=C/c1c(-n3cnnn3)ccc(Cl)c1F)C2C(=O)N(C)c1ccc(C(=O)OC(C)(C)C)cc1. The molecule has 1 aliphatic rings. The lowest BCUT2D eigenvalue weighted by molar-refractivity contribution is -0.136. The molecule has 1 unspecified atom stereocenters. The van der Waals surface area contributed by atoms with E-state index in [1.54, 1.807) is 95.2 Å². The van der Waals surface area contributed by atoms with Crippen molar-refractivity contribution in [1.29, 1.82) is 0 Å². The van der Waals surface area contributed by atoms with Crippen molar-refractivity contribution in [3.8, 4) is 5.69 Å². The Kier molecular flexibility index (Phi) is 11.2. The highest BCUT2D eigenvalue weighted by atomic mass is 35.5. The number of amides is 3. The summed E-state index contributed by atoms with van der Waals surface area (Å²) in [5.74, 6) is -2.44. The Labute approximate surface area is 306 Å². The van der Waals surface area contributed by atoms with Crippen LogP contribution in [0.3, 0.4) is 0 Å². The highest BCUT2D eigenvalue weighted by Gasteiger charge is 2.39. The number of esters is 1. The number of benzene rings is 3. The Balaban J connectivity index is 1.53. The lowest BCUT2D eigenvalue weighted by Crippen LogP contribution is -2.48. The molecule has 3 aromatic carbocycles. The minimum Gasteiger partial charge on any atom is -0.456 e. The maximum atomic E-state index is 15.4. The second-order valence-electron chi connectivity index (χ2n) is 13.5. The Morgan fingerprint density at radius 1 is 1.00 bits per heavy atom. The van der Waals surface area contributed by atoms with E-state index < -0.39 is 35.2 Å².